The van der Waals surface area contributed by atoms with Crippen LogP contribution in [0, 0.1) is 0 Å². The van der Waals surface area contributed by atoms with E-state index in [1.807, 2.05) is 6.92 Å². The summed E-state index contributed by atoms with van der Waals surface area (Å²) in [5, 5.41) is 21.4. The first kappa shape index (κ1) is 41.0. The Labute approximate surface area is 258 Å². The van der Waals surface area contributed by atoms with Crippen LogP contribution in [0.2, 0.25) is 0 Å². The highest BCUT2D eigenvalue weighted by molar-refractivity contribution is 7.47. The number of nitrogens with one attached hydrogen (secondary N) is 1. The third-order valence-electron chi connectivity index (χ3n) is 6.49. The lowest BCUT2D eigenvalue weighted by Gasteiger charge is -2.18. The molecule has 0 aromatic heterocycles. The van der Waals surface area contributed by atoms with Gasteiger partial charge in [0.05, 0.1) is 13.2 Å². The molecule has 11 nitrogen and oxygen atoms in total. The largest absolute Gasteiger partial charge is 0.480 e. The Morgan fingerprint density at radius 2 is 1.28 bits per heavy atom. The number of esters is 1. The lowest BCUT2D eigenvalue weighted by molar-refractivity contribution is -0.147. The number of carboxylic acids is 1. The molecule has 0 aliphatic rings. The van der Waals surface area contributed by atoms with Gasteiger partial charge in [-0.05, 0) is 44.9 Å². The number of hydrogen-bond acceptors (Lipinski definition) is 8. The summed E-state index contributed by atoms with van der Waals surface area (Å²) in [5.74, 6) is -2.42. The number of carbonyl (C=O) groups is 3. The van der Waals surface area contributed by atoms with Crippen molar-refractivity contribution < 1.29 is 47.8 Å². The Morgan fingerprint density at radius 3 is 1.91 bits per heavy atom. The Balaban J connectivity index is 4.03. The van der Waals surface area contributed by atoms with Crippen molar-refractivity contribution in [2.24, 2.45) is 0 Å². The molecule has 0 saturated heterocycles. The molecular weight excluding hydrogens is 577 g/mol. The Morgan fingerprint density at radius 1 is 0.744 bits per heavy atom. The molecule has 0 bridgehead atoms. The van der Waals surface area contributed by atoms with Crippen LogP contribution >= 0.6 is 7.82 Å². The summed E-state index contributed by atoms with van der Waals surface area (Å²) >= 11 is 0. The molecule has 12 heteroatoms. The van der Waals surface area contributed by atoms with Gasteiger partial charge in [0.15, 0.2) is 6.04 Å². The van der Waals surface area contributed by atoms with Gasteiger partial charge in [-0.3, -0.25) is 18.6 Å². The van der Waals surface area contributed by atoms with Gasteiger partial charge in [0, 0.05) is 12.8 Å². The number of rotatable bonds is 29. The fourth-order valence-electron chi connectivity index (χ4n) is 3.93. The number of hydrogen-bond donors (Lipinski definition) is 4. The van der Waals surface area contributed by atoms with Crippen molar-refractivity contribution in [2.75, 3.05) is 19.8 Å². The molecule has 0 saturated carbocycles. The molecule has 4 N–H and O–H groups in total. The lowest BCUT2D eigenvalue weighted by atomic mass is 10.1. The molecule has 0 aliphatic carbocycles. The zero-order valence-corrected chi connectivity index (χ0v) is 27.1. The van der Waals surface area contributed by atoms with Gasteiger partial charge in [0.1, 0.15) is 12.7 Å². The molecule has 0 rings (SSSR count). The maximum absolute atomic E-state index is 12.2. The van der Waals surface area contributed by atoms with Crippen LogP contribution in [-0.2, 0) is 32.7 Å². The summed E-state index contributed by atoms with van der Waals surface area (Å²) in [6.07, 6.45) is 23.1. The highest BCUT2D eigenvalue weighted by Gasteiger charge is 2.28. The fourth-order valence-corrected chi connectivity index (χ4v) is 4.70. The van der Waals surface area contributed by atoms with Crippen molar-refractivity contribution in [2.45, 2.75) is 135 Å². The minimum Gasteiger partial charge on any atom is -0.480 e. The number of ether oxygens (including phenoxy) is 1. The Hall–Kier alpha value is -2.04. The first-order chi connectivity index (χ1) is 20.6. The molecule has 3 atom stereocenters. The topological polar surface area (TPSA) is 169 Å². The predicted octanol–water partition coefficient (Wildman–Crippen LogP) is 6.38. The van der Waals surface area contributed by atoms with Crippen molar-refractivity contribution >= 4 is 25.7 Å². The Kier molecular flexibility index (Phi) is 26.2. The highest BCUT2D eigenvalue weighted by Crippen LogP contribution is 2.43. The van der Waals surface area contributed by atoms with Crippen LogP contribution in [0.25, 0.3) is 0 Å². The van der Waals surface area contributed by atoms with Gasteiger partial charge < -0.3 is 25.2 Å². The van der Waals surface area contributed by atoms with E-state index < -0.39 is 57.6 Å². The lowest BCUT2D eigenvalue weighted by Crippen LogP contribution is -2.43. The van der Waals surface area contributed by atoms with Crippen molar-refractivity contribution in [1.82, 2.24) is 5.32 Å². The van der Waals surface area contributed by atoms with Gasteiger partial charge in [-0.2, -0.15) is 0 Å². The summed E-state index contributed by atoms with van der Waals surface area (Å²) in [6.45, 7) is 2.31. The van der Waals surface area contributed by atoms with Crippen LogP contribution in [0.5, 0.6) is 0 Å². The summed E-state index contributed by atoms with van der Waals surface area (Å²) in [6, 6.07) is -1.55. The molecule has 0 aliphatic heterocycles. The van der Waals surface area contributed by atoms with Crippen molar-refractivity contribution in [3.05, 3.63) is 24.3 Å². The normalized spacial score (nSPS) is 14.5. The number of aliphatic carboxylic acids is 1. The zero-order chi connectivity index (χ0) is 32.2. The average molecular weight is 634 g/mol. The summed E-state index contributed by atoms with van der Waals surface area (Å²) in [4.78, 5) is 45.0. The Bertz CT molecular complexity index is 848. The van der Waals surface area contributed by atoms with E-state index in [-0.39, 0.29) is 12.8 Å². The molecule has 0 spiro atoms. The van der Waals surface area contributed by atoms with E-state index in [1.54, 1.807) is 0 Å². The second-order valence-corrected chi connectivity index (χ2v) is 12.1. The number of amides is 1. The minimum atomic E-state index is -4.73. The number of carboxylic acid groups (broad SMARTS) is 1. The molecule has 250 valence electrons. The number of phosphoric acid groups is 1. The van der Waals surface area contributed by atoms with Gasteiger partial charge in [-0.1, -0.05) is 89.5 Å². The van der Waals surface area contributed by atoms with Crippen LogP contribution < -0.4 is 5.32 Å². The van der Waals surface area contributed by atoms with Crippen molar-refractivity contribution in [3.8, 4) is 0 Å². The summed E-state index contributed by atoms with van der Waals surface area (Å²) in [5.41, 5.74) is 0. The maximum Gasteiger partial charge on any atom is 0.472 e. The quantitative estimate of drug-likeness (QED) is 0.0314. The van der Waals surface area contributed by atoms with E-state index in [0.717, 1.165) is 57.8 Å². The molecule has 3 unspecified atom stereocenters. The standard InChI is InChI=1S/C31H56NO10P/c1-3-5-7-8-9-10-11-12-13-14-15-16-17-18-19-21-22-29(34)32-28(31(36)37)26-42-43(38,39)41-25-27(33)24-40-30(35)23-20-6-4-2/h10-11,13-14,27-28,33H,3-9,12,15-26H2,1-2H3,(H,32,34)(H,36,37)(H,38,39)/b11-10-,14-13-. The van der Waals surface area contributed by atoms with E-state index in [4.69, 9.17) is 9.26 Å². The first-order valence-corrected chi connectivity index (χ1v) is 17.4. The third-order valence-corrected chi connectivity index (χ3v) is 7.44. The molecular formula is C31H56NO10P. The van der Waals surface area contributed by atoms with E-state index >= 15 is 0 Å². The van der Waals surface area contributed by atoms with Gasteiger partial charge in [-0.15, -0.1) is 0 Å². The van der Waals surface area contributed by atoms with E-state index in [9.17, 15) is 34.1 Å². The number of carbonyl (C=O) groups excluding carboxylic acids is 2. The zero-order valence-electron chi connectivity index (χ0n) is 26.3. The predicted molar refractivity (Wildman–Crippen MR) is 166 cm³/mol. The van der Waals surface area contributed by atoms with E-state index in [2.05, 4.69) is 41.1 Å². The van der Waals surface area contributed by atoms with Crippen LogP contribution in [0.4, 0.5) is 0 Å². The van der Waals surface area contributed by atoms with E-state index in [1.165, 1.54) is 25.7 Å². The van der Waals surface area contributed by atoms with Crippen LogP contribution in [-0.4, -0.2) is 64.9 Å². The van der Waals surface area contributed by atoms with Crippen LogP contribution in [0.15, 0.2) is 24.3 Å². The SMILES string of the molecule is CCCCCC/C=C\C/C=C\CCCCCCCC(=O)NC(COP(=O)(O)OCC(O)COC(=O)CCCCC)C(=O)O. The number of aliphatic hydroxyl groups excluding tert-OH is 1. The molecule has 0 heterocycles. The number of unbranched alkanes of at least 4 members (excludes halogenated alkanes) is 11. The van der Waals surface area contributed by atoms with Crippen LogP contribution in [0.3, 0.4) is 0 Å². The summed E-state index contributed by atoms with van der Waals surface area (Å²) < 4.78 is 26.3. The van der Waals surface area contributed by atoms with Gasteiger partial charge in [-0.25, -0.2) is 9.36 Å². The highest BCUT2D eigenvalue weighted by atomic mass is 31.2. The molecule has 0 aromatic carbocycles. The third kappa shape index (κ3) is 27.3. The maximum atomic E-state index is 12.2. The minimum absolute atomic E-state index is 0.130. The van der Waals surface area contributed by atoms with Crippen LogP contribution in [0.1, 0.15) is 123 Å². The average Bonchev–Trinajstić information content (AvgIpc) is 2.97. The van der Waals surface area contributed by atoms with Crippen molar-refractivity contribution in [1.29, 1.82) is 0 Å². The number of aliphatic hydroxyl groups is 1. The number of allylic oxidation sites excluding steroid dienone is 4. The molecule has 0 fully saturated rings. The van der Waals surface area contributed by atoms with Gasteiger partial charge in [0.25, 0.3) is 0 Å². The van der Waals surface area contributed by atoms with Gasteiger partial charge >= 0.3 is 19.8 Å². The molecule has 43 heavy (non-hydrogen) atoms. The van der Waals surface area contributed by atoms with Crippen molar-refractivity contribution in [3.63, 3.8) is 0 Å². The fraction of sp³-hybridized carbons (Fsp3) is 0.774. The smallest absolute Gasteiger partial charge is 0.472 e. The first-order valence-electron chi connectivity index (χ1n) is 15.9. The summed E-state index contributed by atoms with van der Waals surface area (Å²) in [7, 11) is -4.73. The molecule has 0 aromatic rings. The van der Waals surface area contributed by atoms with Gasteiger partial charge in [0.2, 0.25) is 5.91 Å². The monoisotopic (exact) mass is 633 g/mol. The second-order valence-electron chi connectivity index (χ2n) is 10.6. The molecule has 1 amide bonds. The molecule has 0 radical (unpaired) electrons. The second kappa shape index (κ2) is 27.5. The number of phosphoric ester groups is 1. The van der Waals surface area contributed by atoms with E-state index in [0.29, 0.717) is 12.8 Å².